The Morgan fingerprint density at radius 3 is 2.52 bits per heavy atom. The van der Waals surface area contributed by atoms with Gasteiger partial charge in [0, 0.05) is 30.7 Å². The van der Waals surface area contributed by atoms with Crippen LogP contribution in [0, 0.1) is 0 Å². The highest BCUT2D eigenvalue weighted by Gasteiger charge is 2.28. The summed E-state index contributed by atoms with van der Waals surface area (Å²) >= 11 is 0. The summed E-state index contributed by atoms with van der Waals surface area (Å²) in [5, 5.41) is 8.54. The number of benzene rings is 2. The van der Waals surface area contributed by atoms with Gasteiger partial charge in [0.1, 0.15) is 17.1 Å². The number of fused-ring (bicyclic) bond motifs is 2. The third kappa shape index (κ3) is 5.40. The minimum atomic E-state index is -3.83. The summed E-state index contributed by atoms with van der Waals surface area (Å²) in [4.78, 5) is 37.5. The van der Waals surface area contributed by atoms with E-state index in [0.29, 0.717) is 36.0 Å². The molecule has 3 aromatic heterocycles. The monoisotopic (exact) mass is 583 g/mol. The summed E-state index contributed by atoms with van der Waals surface area (Å²) in [5.74, 6) is -0.678. The van der Waals surface area contributed by atoms with E-state index in [9.17, 15) is 18.0 Å². The average Bonchev–Trinajstić information content (AvgIpc) is 3.46. The minimum Gasteiger partial charge on any atom is -0.338 e. The topological polar surface area (TPSA) is 139 Å². The highest BCUT2D eigenvalue weighted by molar-refractivity contribution is 7.90. The summed E-state index contributed by atoms with van der Waals surface area (Å²) in [5.41, 5.74) is 2.74. The van der Waals surface area contributed by atoms with E-state index in [4.69, 9.17) is 0 Å². The van der Waals surface area contributed by atoms with Crippen molar-refractivity contribution >= 4 is 49.9 Å². The Balaban J connectivity index is 1.37. The number of hydrogen-bond donors (Lipinski definition) is 2. The fourth-order valence-electron chi connectivity index (χ4n) is 5.24. The van der Waals surface area contributed by atoms with Crippen molar-refractivity contribution in [1.82, 2.24) is 29.2 Å². The normalized spacial score (nSPS) is 14.3. The lowest BCUT2D eigenvalue weighted by molar-refractivity contribution is 0.0707. The number of hydrogen-bond acceptors (Lipinski definition) is 8. The van der Waals surface area contributed by atoms with Crippen molar-refractivity contribution in [2.24, 2.45) is 0 Å². The number of nitrogens with zero attached hydrogens (tertiary/aromatic N) is 5. The lowest BCUT2D eigenvalue weighted by atomic mass is 9.89. The standard InChI is InChI=1S/C30H29N7O4S/c1-2-42(40,41)35-29(38)23-19-32-37-26(33-24-12-6-10-22-11-7-15-31-27(22)24)18-25(34-28(23)37)30(39)36-16-13-21(14-17-36)20-8-4-3-5-9-20/h3-12,15,18-19,21,33H,2,13-14,16-17H2,1H3,(H,35,38). The van der Waals surface area contributed by atoms with Gasteiger partial charge in [-0.05, 0) is 43.4 Å². The third-order valence-electron chi connectivity index (χ3n) is 7.51. The zero-order valence-corrected chi connectivity index (χ0v) is 23.7. The number of rotatable bonds is 7. The molecular weight excluding hydrogens is 554 g/mol. The fraction of sp³-hybridized carbons (Fsp3) is 0.233. The zero-order chi connectivity index (χ0) is 29.3. The summed E-state index contributed by atoms with van der Waals surface area (Å²) in [6, 6.07) is 21.3. The van der Waals surface area contributed by atoms with Crippen LogP contribution in [0.15, 0.2) is 79.1 Å². The van der Waals surface area contributed by atoms with Gasteiger partial charge in [-0.3, -0.25) is 14.6 Å². The van der Waals surface area contributed by atoms with Gasteiger partial charge in [0.25, 0.3) is 11.8 Å². The van der Waals surface area contributed by atoms with Crippen LogP contribution in [0.5, 0.6) is 0 Å². The smallest absolute Gasteiger partial charge is 0.272 e. The van der Waals surface area contributed by atoms with Crippen molar-refractivity contribution in [3.63, 3.8) is 0 Å². The first kappa shape index (κ1) is 27.3. The molecule has 2 aromatic carbocycles. The number of carbonyl (C=O) groups excluding carboxylic acids is 2. The zero-order valence-electron chi connectivity index (χ0n) is 22.9. The van der Waals surface area contributed by atoms with Gasteiger partial charge in [-0.1, -0.05) is 48.5 Å². The van der Waals surface area contributed by atoms with Crippen molar-refractivity contribution in [2.45, 2.75) is 25.7 Å². The number of piperidine rings is 1. The van der Waals surface area contributed by atoms with Gasteiger partial charge in [0.2, 0.25) is 10.0 Å². The first-order valence-corrected chi connectivity index (χ1v) is 15.4. The molecule has 1 fully saturated rings. The van der Waals surface area contributed by atoms with Crippen LogP contribution in [-0.4, -0.2) is 63.6 Å². The van der Waals surface area contributed by atoms with E-state index in [1.807, 2.05) is 53.3 Å². The van der Waals surface area contributed by atoms with Crippen molar-refractivity contribution in [1.29, 1.82) is 0 Å². The van der Waals surface area contributed by atoms with Gasteiger partial charge >= 0.3 is 0 Å². The van der Waals surface area contributed by atoms with Crippen LogP contribution in [0.1, 0.15) is 52.1 Å². The van der Waals surface area contributed by atoms with Crippen molar-refractivity contribution in [3.8, 4) is 0 Å². The molecule has 1 saturated heterocycles. The molecule has 11 nitrogen and oxygen atoms in total. The number of aromatic nitrogens is 4. The number of pyridine rings is 1. The summed E-state index contributed by atoms with van der Waals surface area (Å²) in [7, 11) is -3.83. The second kappa shape index (κ2) is 11.2. The van der Waals surface area contributed by atoms with Crippen molar-refractivity contribution in [3.05, 3.63) is 95.9 Å². The molecule has 0 bridgehead atoms. The maximum Gasteiger partial charge on any atom is 0.272 e. The highest BCUT2D eigenvalue weighted by Crippen LogP contribution is 2.30. The van der Waals surface area contributed by atoms with Crippen LogP contribution in [0.2, 0.25) is 0 Å². The fourth-order valence-corrected chi connectivity index (χ4v) is 5.77. The molecule has 6 rings (SSSR count). The number of nitrogens with one attached hydrogen (secondary N) is 2. The first-order chi connectivity index (χ1) is 20.3. The largest absolute Gasteiger partial charge is 0.338 e. The number of carbonyl (C=O) groups is 2. The molecule has 0 aliphatic carbocycles. The Bertz CT molecular complexity index is 1890. The van der Waals surface area contributed by atoms with E-state index in [2.05, 4.69) is 32.5 Å². The van der Waals surface area contributed by atoms with Crippen LogP contribution in [0.3, 0.4) is 0 Å². The quantitative estimate of drug-likeness (QED) is 0.292. The average molecular weight is 584 g/mol. The Hall–Kier alpha value is -4.84. The maximum atomic E-state index is 13.8. The molecule has 1 aliphatic rings. The SMILES string of the molecule is CCS(=O)(=O)NC(=O)c1cnn2c(Nc3cccc4cccnc34)cc(C(=O)N3CCC(c4ccccc4)CC3)nc12. The highest BCUT2D eigenvalue weighted by atomic mass is 32.2. The lowest BCUT2D eigenvalue weighted by Crippen LogP contribution is -2.38. The predicted octanol–water partition coefficient (Wildman–Crippen LogP) is 4.12. The maximum absolute atomic E-state index is 13.8. The molecule has 0 radical (unpaired) electrons. The number of likely N-dealkylation sites (tertiary alicyclic amines) is 1. The van der Waals surface area contributed by atoms with E-state index in [1.165, 1.54) is 23.2 Å². The van der Waals surface area contributed by atoms with Crippen molar-refractivity contribution < 1.29 is 18.0 Å². The van der Waals surface area contributed by atoms with Gasteiger partial charge in [-0.25, -0.2) is 18.1 Å². The van der Waals surface area contributed by atoms with E-state index >= 15 is 0 Å². The molecule has 214 valence electrons. The number of para-hydroxylation sites is 1. The molecule has 0 unspecified atom stereocenters. The van der Waals surface area contributed by atoms with Crippen LogP contribution in [0.4, 0.5) is 11.5 Å². The summed E-state index contributed by atoms with van der Waals surface area (Å²) < 4.78 is 27.7. The molecule has 0 saturated carbocycles. The van der Waals surface area contributed by atoms with Gasteiger partial charge in [0.15, 0.2) is 5.65 Å². The van der Waals surface area contributed by atoms with E-state index in [0.717, 1.165) is 18.2 Å². The van der Waals surface area contributed by atoms with E-state index in [-0.39, 0.29) is 28.6 Å². The van der Waals surface area contributed by atoms with Gasteiger partial charge in [0.05, 0.1) is 23.2 Å². The Morgan fingerprint density at radius 2 is 1.76 bits per heavy atom. The van der Waals surface area contributed by atoms with Crippen LogP contribution >= 0.6 is 0 Å². The molecule has 0 spiro atoms. The minimum absolute atomic E-state index is 0.0551. The first-order valence-electron chi connectivity index (χ1n) is 13.7. The molecule has 2 N–H and O–H groups in total. The number of sulfonamides is 1. The second-order valence-electron chi connectivity index (χ2n) is 10.1. The molecule has 42 heavy (non-hydrogen) atoms. The molecular formula is C30H29N7O4S. The molecule has 12 heteroatoms. The molecule has 2 amide bonds. The Kier molecular flexibility index (Phi) is 7.29. The summed E-state index contributed by atoms with van der Waals surface area (Å²) in [6.07, 6.45) is 4.57. The molecule has 0 atom stereocenters. The second-order valence-corrected chi connectivity index (χ2v) is 12.1. The Morgan fingerprint density at radius 1 is 1.00 bits per heavy atom. The Labute approximate surface area is 242 Å². The number of anilines is 2. The molecule has 4 heterocycles. The van der Waals surface area contributed by atoms with Gasteiger partial charge in [-0.15, -0.1) is 0 Å². The molecule has 5 aromatic rings. The van der Waals surface area contributed by atoms with Gasteiger partial charge < -0.3 is 10.2 Å². The van der Waals surface area contributed by atoms with E-state index in [1.54, 1.807) is 17.2 Å². The van der Waals surface area contributed by atoms with Gasteiger partial charge in [-0.2, -0.15) is 9.61 Å². The summed E-state index contributed by atoms with van der Waals surface area (Å²) in [6.45, 7) is 2.55. The third-order valence-corrected chi connectivity index (χ3v) is 8.77. The molecule has 1 aliphatic heterocycles. The van der Waals surface area contributed by atoms with Crippen molar-refractivity contribution in [2.75, 3.05) is 24.2 Å². The van der Waals surface area contributed by atoms with Crippen LogP contribution in [0.25, 0.3) is 16.6 Å². The predicted molar refractivity (Wildman–Crippen MR) is 159 cm³/mol. The lowest BCUT2D eigenvalue weighted by Gasteiger charge is -2.32. The number of amides is 2. The van der Waals surface area contributed by atoms with Crippen LogP contribution in [-0.2, 0) is 10.0 Å². The van der Waals surface area contributed by atoms with E-state index < -0.39 is 15.9 Å². The van der Waals surface area contributed by atoms with Crippen LogP contribution < -0.4 is 10.0 Å².